The quantitative estimate of drug-likeness (QED) is 0.177. The number of hydrogen-bond donors (Lipinski definition) is 2. The highest BCUT2D eigenvalue weighted by Gasteiger charge is 2.35. The number of nitrogens with one attached hydrogen (secondary N) is 1. The molecule has 12 heteroatoms. The molecule has 0 spiro atoms. The highest BCUT2D eigenvalue weighted by Crippen LogP contribution is 2.34. The molecule has 0 aliphatic carbocycles. The fourth-order valence-electron chi connectivity index (χ4n) is 3.23. The van der Waals surface area contributed by atoms with E-state index in [0.29, 0.717) is 0 Å². The van der Waals surface area contributed by atoms with E-state index in [2.05, 4.69) is 5.32 Å². The maximum Gasteiger partial charge on any atom is 0.335 e. The Balaban J connectivity index is 1.68. The van der Waals surface area contributed by atoms with Crippen LogP contribution in [0.2, 0.25) is 5.02 Å². The minimum atomic E-state index is -1.14. The minimum Gasteiger partial charge on any atom is -0.478 e. The van der Waals surface area contributed by atoms with Crippen LogP contribution < -0.4 is 10.2 Å². The van der Waals surface area contributed by atoms with Gasteiger partial charge in [0.1, 0.15) is 17.1 Å². The average Bonchev–Trinajstić information content (AvgIpc) is 3.25. The van der Waals surface area contributed by atoms with E-state index in [9.17, 15) is 24.5 Å². The molecule has 0 bridgehead atoms. The van der Waals surface area contributed by atoms with E-state index in [0.717, 1.165) is 4.90 Å². The summed E-state index contributed by atoms with van der Waals surface area (Å²) < 4.78 is 5.64. The third-order valence-electron chi connectivity index (χ3n) is 4.81. The Morgan fingerprint density at radius 2 is 1.85 bits per heavy atom. The van der Waals surface area contributed by atoms with E-state index in [1.165, 1.54) is 60.7 Å². The molecule has 34 heavy (non-hydrogen) atoms. The molecule has 1 fully saturated rings. The normalized spacial score (nSPS) is 14.9. The lowest BCUT2D eigenvalue weighted by Gasteiger charge is -2.28. The Labute approximate surface area is 201 Å². The predicted molar refractivity (Wildman–Crippen MR) is 125 cm³/mol. The van der Waals surface area contributed by atoms with Crippen molar-refractivity contribution in [3.63, 3.8) is 0 Å². The van der Waals surface area contributed by atoms with E-state index in [-0.39, 0.29) is 49.7 Å². The van der Waals surface area contributed by atoms with E-state index in [1.807, 2.05) is 0 Å². The lowest BCUT2D eigenvalue weighted by atomic mass is 10.1. The first-order valence-corrected chi connectivity index (χ1v) is 10.2. The Bertz CT molecular complexity index is 1410. The number of carboxylic acids is 1. The van der Waals surface area contributed by atoms with Gasteiger partial charge in [0.15, 0.2) is 5.11 Å². The lowest BCUT2D eigenvalue weighted by Crippen LogP contribution is -2.54. The summed E-state index contributed by atoms with van der Waals surface area (Å²) in [5.74, 6) is -2.43. The topological polar surface area (TPSA) is 143 Å². The van der Waals surface area contributed by atoms with Crippen LogP contribution in [0.1, 0.15) is 16.1 Å². The van der Waals surface area contributed by atoms with E-state index < -0.39 is 22.7 Å². The second-order valence-electron chi connectivity index (χ2n) is 6.93. The molecular formula is C22H12ClN3O7S. The molecule has 4 rings (SSSR count). The summed E-state index contributed by atoms with van der Waals surface area (Å²) in [5, 5.41) is 22.8. The molecule has 10 nitrogen and oxygen atoms in total. The number of carbonyl (C=O) groups excluding carboxylic acids is 2. The Hall–Kier alpha value is -4.35. The van der Waals surface area contributed by atoms with Crippen LogP contribution in [0.25, 0.3) is 17.4 Å². The van der Waals surface area contributed by atoms with Gasteiger partial charge in [0.05, 0.1) is 21.7 Å². The summed E-state index contributed by atoms with van der Waals surface area (Å²) in [6.07, 6.45) is 1.18. The first-order valence-electron chi connectivity index (χ1n) is 9.44. The second-order valence-corrected chi connectivity index (χ2v) is 7.75. The number of thiocarbonyl (C=S) groups is 1. The number of carboxylic acid groups (broad SMARTS) is 1. The summed E-state index contributed by atoms with van der Waals surface area (Å²) in [6, 6.07) is 12.3. The van der Waals surface area contributed by atoms with Gasteiger partial charge in [-0.2, -0.15) is 0 Å². The molecule has 170 valence electrons. The van der Waals surface area contributed by atoms with Gasteiger partial charge in [-0.1, -0.05) is 11.6 Å². The van der Waals surface area contributed by atoms with Crippen molar-refractivity contribution < 1.29 is 28.8 Å². The number of aromatic carboxylic acids is 1. The van der Waals surface area contributed by atoms with Crippen LogP contribution in [0.5, 0.6) is 0 Å². The number of rotatable bonds is 5. The predicted octanol–water partition coefficient (Wildman–Crippen LogP) is 4.04. The van der Waals surface area contributed by atoms with Crippen LogP contribution in [-0.4, -0.2) is 32.9 Å². The molecule has 0 unspecified atom stereocenters. The number of halogens is 1. The number of nitrogens with zero attached hydrogens (tertiary/aromatic N) is 2. The molecule has 3 aromatic rings. The number of benzene rings is 2. The highest BCUT2D eigenvalue weighted by molar-refractivity contribution is 7.80. The van der Waals surface area contributed by atoms with E-state index in [1.54, 1.807) is 0 Å². The molecule has 2 amide bonds. The number of amides is 2. The van der Waals surface area contributed by atoms with Crippen molar-refractivity contribution in [1.82, 2.24) is 5.32 Å². The summed E-state index contributed by atoms with van der Waals surface area (Å²) in [7, 11) is 0. The number of furan rings is 1. The van der Waals surface area contributed by atoms with Crippen molar-refractivity contribution in [1.29, 1.82) is 0 Å². The van der Waals surface area contributed by atoms with E-state index >= 15 is 0 Å². The molecule has 1 aromatic heterocycles. The Morgan fingerprint density at radius 3 is 2.50 bits per heavy atom. The van der Waals surface area contributed by atoms with Crippen LogP contribution in [0.3, 0.4) is 0 Å². The van der Waals surface area contributed by atoms with E-state index in [4.69, 9.17) is 33.3 Å². The molecule has 2 heterocycles. The minimum absolute atomic E-state index is 0.0123. The molecule has 1 aliphatic rings. The molecule has 2 N–H and O–H groups in total. The van der Waals surface area contributed by atoms with Crippen LogP contribution in [0.15, 0.2) is 64.6 Å². The van der Waals surface area contributed by atoms with Crippen LogP contribution in [0, 0.1) is 10.1 Å². The standard InChI is InChI=1S/C22H12ClN3O7S/c23-12-3-7-15(17(9-12)26(31)32)18-8-6-14(33-18)10-16-19(27)24-22(34)25(20(16)28)13-4-1-11(2-5-13)21(29)30/h1-10H,(H,29,30)(H,24,27,34)/b16-10+. The fourth-order valence-corrected chi connectivity index (χ4v) is 3.67. The lowest BCUT2D eigenvalue weighted by molar-refractivity contribution is -0.384. The van der Waals surface area contributed by atoms with Crippen molar-refractivity contribution in [3.05, 3.63) is 86.6 Å². The molecule has 0 saturated carbocycles. The van der Waals surface area contributed by atoms with Gasteiger partial charge in [-0.05, 0) is 66.8 Å². The molecule has 2 aromatic carbocycles. The number of hydrogen-bond acceptors (Lipinski definition) is 7. The third-order valence-corrected chi connectivity index (χ3v) is 5.33. The van der Waals surface area contributed by atoms with Crippen molar-refractivity contribution in [2.45, 2.75) is 0 Å². The maximum absolute atomic E-state index is 13.1. The SMILES string of the molecule is O=C1NC(=S)N(c2ccc(C(=O)O)cc2)C(=O)/C1=C/c1ccc(-c2ccc(Cl)cc2[N+](=O)[O-])o1. The summed E-state index contributed by atoms with van der Waals surface area (Å²) in [6.45, 7) is 0. The van der Waals surface area contributed by atoms with Crippen LogP contribution >= 0.6 is 23.8 Å². The average molecular weight is 498 g/mol. The van der Waals surface area contributed by atoms with Gasteiger partial charge in [-0.15, -0.1) is 0 Å². The number of anilines is 1. The Morgan fingerprint density at radius 1 is 1.15 bits per heavy atom. The molecule has 1 aliphatic heterocycles. The number of nitro benzene ring substituents is 1. The number of carbonyl (C=O) groups is 3. The van der Waals surface area contributed by atoms with Crippen LogP contribution in [0.4, 0.5) is 11.4 Å². The van der Waals surface area contributed by atoms with Gasteiger partial charge in [0, 0.05) is 11.1 Å². The fraction of sp³-hybridized carbons (Fsp3) is 0. The van der Waals surface area contributed by atoms with Gasteiger partial charge in [0.25, 0.3) is 17.5 Å². The smallest absolute Gasteiger partial charge is 0.335 e. The van der Waals surface area contributed by atoms with Gasteiger partial charge < -0.3 is 9.52 Å². The van der Waals surface area contributed by atoms with Crippen molar-refractivity contribution in [2.75, 3.05) is 4.90 Å². The second kappa shape index (κ2) is 8.89. The van der Waals surface area contributed by atoms with Gasteiger partial charge in [-0.25, -0.2) is 4.79 Å². The maximum atomic E-state index is 13.1. The van der Waals surface area contributed by atoms with Crippen molar-refractivity contribution in [3.8, 4) is 11.3 Å². The monoisotopic (exact) mass is 497 g/mol. The first kappa shape index (κ1) is 22.8. The third kappa shape index (κ3) is 4.29. The summed E-state index contributed by atoms with van der Waals surface area (Å²) in [5.41, 5.74) is -0.141. The summed E-state index contributed by atoms with van der Waals surface area (Å²) in [4.78, 5) is 48.4. The summed E-state index contributed by atoms with van der Waals surface area (Å²) >= 11 is 11.0. The molecule has 0 atom stereocenters. The van der Waals surface area contributed by atoms with Crippen molar-refractivity contribution in [2.24, 2.45) is 0 Å². The largest absolute Gasteiger partial charge is 0.478 e. The zero-order valence-electron chi connectivity index (χ0n) is 16.9. The molecule has 0 radical (unpaired) electrons. The Kier molecular flexibility index (Phi) is 5.97. The van der Waals surface area contributed by atoms with Gasteiger partial charge in [-0.3, -0.25) is 29.9 Å². The molecule has 1 saturated heterocycles. The van der Waals surface area contributed by atoms with Gasteiger partial charge in [0.2, 0.25) is 0 Å². The first-order chi connectivity index (χ1) is 16.2. The van der Waals surface area contributed by atoms with Crippen molar-refractivity contribution >= 4 is 64.2 Å². The van der Waals surface area contributed by atoms with Crippen LogP contribution in [-0.2, 0) is 9.59 Å². The highest BCUT2D eigenvalue weighted by atomic mass is 35.5. The zero-order chi connectivity index (χ0) is 24.6. The zero-order valence-corrected chi connectivity index (χ0v) is 18.4. The van der Waals surface area contributed by atoms with Gasteiger partial charge >= 0.3 is 5.97 Å². The number of nitro groups is 1. The molecular weight excluding hydrogens is 486 g/mol.